The molecule has 0 atom stereocenters. The predicted molar refractivity (Wildman–Crippen MR) is 135 cm³/mol. The maximum Gasteiger partial charge on any atom is 0.251 e. The van der Waals surface area contributed by atoms with E-state index in [4.69, 9.17) is 0 Å². The second kappa shape index (κ2) is 10.8. The highest BCUT2D eigenvalue weighted by Gasteiger charge is 2.35. The van der Waals surface area contributed by atoms with Crippen LogP contribution in [-0.2, 0) is 21.2 Å². The van der Waals surface area contributed by atoms with Crippen LogP contribution in [0.25, 0.3) is 11.1 Å². The molecule has 0 heterocycles. The molecule has 0 bridgehead atoms. The van der Waals surface area contributed by atoms with E-state index in [9.17, 15) is 13.2 Å². The molecule has 3 rings (SSSR count). The number of carbonyl (C=O) groups is 1. The summed E-state index contributed by atoms with van der Waals surface area (Å²) in [6, 6.07) is 25.1. The average Bonchev–Trinajstić information content (AvgIpc) is 2.83. The number of rotatable bonds is 10. The zero-order chi connectivity index (χ0) is 23.9. The predicted octanol–water partition coefficient (Wildman–Crippen LogP) is 4.89. The van der Waals surface area contributed by atoms with Crippen molar-refractivity contribution in [2.24, 2.45) is 0 Å². The molecule has 0 spiro atoms. The molecule has 0 unspecified atom stereocenters. The first kappa shape index (κ1) is 24.7. The molecule has 0 fully saturated rings. The monoisotopic (exact) mass is 464 g/mol. The van der Waals surface area contributed by atoms with Gasteiger partial charge in [0.2, 0.25) is 10.0 Å². The molecule has 0 aliphatic heterocycles. The van der Waals surface area contributed by atoms with Gasteiger partial charge in [-0.3, -0.25) is 4.79 Å². The van der Waals surface area contributed by atoms with Crippen LogP contribution in [0.4, 0.5) is 0 Å². The van der Waals surface area contributed by atoms with Gasteiger partial charge in [0.15, 0.2) is 0 Å². The lowest BCUT2D eigenvalue weighted by Gasteiger charge is -2.26. The van der Waals surface area contributed by atoms with Crippen LogP contribution in [0.3, 0.4) is 0 Å². The quantitative estimate of drug-likeness (QED) is 0.449. The van der Waals surface area contributed by atoms with E-state index in [1.165, 1.54) is 0 Å². The summed E-state index contributed by atoms with van der Waals surface area (Å²) in [6.45, 7) is 6.40. The topological polar surface area (TPSA) is 75.3 Å². The van der Waals surface area contributed by atoms with Crippen LogP contribution in [0.2, 0.25) is 0 Å². The zero-order valence-electron chi connectivity index (χ0n) is 19.5. The molecule has 0 aromatic heterocycles. The molecule has 0 aliphatic carbocycles. The number of hydrogen-bond donors (Lipinski definition) is 2. The molecule has 0 saturated heterocycles. The van der Waals surface area contributed by atoms with Crippen molar-refractivity contribution in [3.05, 3.63) is 95.6 Å². The van der Waals surface area contributed by atoms with Crippen molar-refractivity contribution < 1.29 is 13.2 Å². The normalized spacial score (nSPS) is 11.8. The number of benzene rings is 3. The lowest BCUT2D eigenvalue weighted by Crippen LogP contribution is -2.39. The van der Waals surface area contributed by atoms with E-state index in [1.54, 1.807) is 26.0 Å². The van der Waals surface area contributed by atoms with Crippen LogP contribution in [0, 0.1) is 0 Å². The summed E-state index contributed by atoms with van der Waals surface area (Å²) >= 11 is 0. The number of carbonyl (C=O) groups excluding carboxylic acids is 1. The highest BCUT2D eigenvalue weighted by Crippen LogP contribution is 2.31. The second-order valence-corrected chi connectivity index (χ2v) is 10.9. The standard InChI is InChI=1S/C27H32N2O3S/c1-4-19-29-33(31,32)27(2,3)25-16-14-23(15-17-25)22-12-10-21(11-13-22)18-20-28-26(30)24-8-6-5-7-9-24/h5-17,29H,4,18-20H2,1-3H3,(H,28,30). The Kier molecular flexibility index (Phi) is 8.06. The maximum atomic E-state index is 12.7. The van der Waals surface area contributed by atoms with Gasteiger partial charge in [-0.2, -0.15) is 0 Å². The Hall–Kier alpha value is -2.96. The third-order valence-electron chi connectivity index (χ3n) is 5.82. The fourth-order valence-corrected chi connectivity index (χ4v) is 4.79. The molecule has 3 aromatic carbocycles. The number of amides is 1. The van der Waals surface area contributed by atoms with Crippen LogP contribution in [0.5, 0.6) is 0 Å². The van der Waals surface area contributed by atoms with Gasteiger partial charge in [0.25, 0.3) is 5.91 Å². The molecule has 0 radical (unpaired) electrons. The van der Waals surface area contributed by atoms with Crippen molar-refractivity contribution in [3.8, 4) is 11.1 Å². The Balaban J connectivity index is 1.61. The Bertz CT molecular complexity index is 1150. The molecular weight excluding hydrogens is 432 g/mol. The van der Waals surface area contributed by atoms with Crippen LogP contribution >= 0.6 is 0 Å². The summed E-state index contributed by atoms with van der Waals surface area (Å²) in [5.41, 5.74) is 4.63. The van der Waals surface area contributed by atoms with Crippen molar-refractivity contribution in [2.45, 2.75) is 38.4 Å². The lowest BCUT2D eigenvalue weighted by molar-refractivity contribution is 0.0954. The molecule has 0 aliphatic rings. The van der Waals surface area contributed by atoms with Crippen molar-refractivity contribution in [1.82, 2.24) is 10.0 Å². The number of hydrogen-bond acceptors (Lipinski definition) is 3. The van der Waals surface area contributed by atoms with Crippen molar-refractivity contribution in [1.29, 1.82) is 0 Å². The first-order chi connectivity index (χ1) is 15.7. The SMILES string of the molecule is CCCNS(=O)(=O)C(C)(C)c1ccc(-c2ccc(CCNC(=O)c3ccccc3)cc2)cc1. The minimum atomic E-state index is -3.47. The summed E-state index contributed by atoms with van der Waals surface area (Å²) < 4.78 is 27.0. The van der Waals surface area contributed by atoms with Gasteiger partial charge in [-0.15, -0.1) is 0 Å². The van der Waals surface area contributed by atoms with Gasteiger partial charge in [-0.25, -0.2) is 13.1 Å². The molecule has 1 amide bonds. The van der Waals surface area contributed by atoms with Crippen molar-refractivity contribution in [3.63, 3.8) is 0 Å². The van der Waals surface area contributed by atoms with E-state index in [0.29, 0.717) is 18.7 Å². The summed E-state index contributed by atoms with van der Waals surface area (Å²) in [7, 11) is -3.47. The van der Waals surface area contributed by atoms with E-state index >= 15 is 0 Å². The van der Waals surface area contributed by atoms with Crippen LogP contribution < -0.4 is 10.0 Å². The van der Waals surface area contributed by atoms with Crippen LogP contribution in [0.1, 0.15) is 48.7 Å². The van der Waals surface area contributed by atoms with Gasteiger partial charge < -0.3 is 5.32 Å². The average molecular weight is 465 g/mol. The van der Waals surface area contributed by atoms with Crippen molar-refractivity contribution in [2.75, 3.05) is 13.1 Å². The van der Waals surface area contributed by atoms with Crippen molar-refractivity contribution >= 4 is 15.9 Å². The van der Waals surface area contributed by atoms with Gasteiger partial charge >= 0.3 is 0 Å². The molecule has 174 valence electrons. The van der Waals surface area contributed by atoms with Gasteiger partial charge in [0.1, 0.15) is 4.75 Å². The summed E-state index contributed by atoms with van der Waals surface area (Å²) in [6.07, 6.45) is 1.50. The summed E-state index contributed by atoms with van der Waals surface area (Å²) in [5.74, 6) is -0.0675. The van der Waals surface area contributed by atoms with Gasteiger partial charge in [-0.1, -0.05) is 73.7 Å². The molecule has 33 heavy (non-hydrogen) atoms. The van der Waals surface area contributed by atoms with Crippen LogP contribution in [0.15, 0.2) is 78.9 Å². The Morgan fingerprint density at radius 2 is 1.39 bits per heavy atom. The minimum absolute atomic E-state index is 0.0675. The first-order valence-corrected chi connectivity index (χ1v) is 12.8. The molecule has 3 aromatic rings. The zero-order valence-corrected chi connectivity index (χ0v) is 20.3. The minimum Gasteiger partial charge on any atom is -0.352 e. The van der Waals surface area contributed by atoms with Gasteiger partial charge in [0, 0.05) is 18.7 Å². The first-order valence-electron chi connectivity index (χ1n) is 11.3. The highest BCUT2D eigenvalue weighted by molar-refractivity contribution is 7.90. The maximum absolute atomic E-state index is 12.7. The van der Waals surface area contributed by atoms with E-state index in [2.05, 4.69) is 22.2 Å². The Morgan fingerprint density at radius 3 is 1.97 bits per heavy atom. The molecule has 5 nitrogen and oxygen atoms in total. The van der Waals surface area contributed by atoms with E-state index in [1.807, 2.05) is 61.5 Å². The molecule has 2 N–H and O–H groups in total. The fourth-order valence-electron chi connectivity index (χ4n) is 3.51. The molecule has 6 heteroatoms. The molecule has 0 saturated carbocycles. The number of sulfonamides is 1. The van der Waals surface area contributed by atoms with E-state index in [0.717, 1.165) is 35.1 Å². The van der Waals surface area contributed by atoms with Crippen LogP contribution in [-0.4, -0.2) is 27.4 Å². The third kappa shape index (κ3) is 6.09. The second-order valence-electron chi connectivity index (χ2n) is 8.55. The highest BCUT2D eigenvalue weighted by atomic mass is 32.2. The summed E-state index contributed by atoms with van der Waals surface area (Å²) in [4.78, 5) is 12.1. The molecular formula is C27H32N2O3S. The largest absolute Gasteiger partial charge is 0.352 e. The van der Waals surface area contributed by atoms with Gasteiger partial charge in [-0.05, 0) is 61.1 Å². The lowest BCUT2D eigenvalue weighted by atomic mass is 9.97. The summed E-state index contributed by atoms with van der Waals surface area (Å²) in [5, 5.41) is 2.95. The number of nitrogens with one attached hydrogen (secondary N) is 2. The van der Waals surface area contributed by atoms with E-state index in [-0.39, 0.29) is 5.91 Å². The fraction of sp³-hybridized carbons (Fsp3) is 0.296. The van der Waals surface area contributed by atoms with E-state index < -0.39 is 14.8 Å². The Labute approximate surface area is 197 Å². The van der Waals surface area contributed by atoms with Gasteiger partial charge in [0.05, 0.1) is 0 Å². The smallest absolute Gasteiger partial charge is 0.251 e. The Morgan fingerprint density at radius 1 is 0.818 bits per heavy atom. The third-order valence-corrected chi connectivity index (χ3v) is 7.98.